The van der Waals surface area contributed by atoms with Crippen LogP contribution in [0.3, 0.4) is 0 Å². The average molecular weight is 236 g/mol. The van der Waals surface area contributed by atoms with Crippen molar-refractivity contribution in [2.45, 2.75) is 39.2 Å². The molecule has 2 N–H and O–H groups in total. The molecule has 1 aromatic rings. The van der Waals surface area contributed by atoms with Gasteiger partial charge in [0.25, 0.3) is 0 Å². The van der Waals surface area contributed by atoms with Crippen LogP contribution < -0.4 is 5.73 Å². The highest BCUT2D eigenvalue weighted by Crippen LogP contribution is 2.19. The molecule has 1 unspecified atom stereocenters. The topological polar surface area (TPSA) is 47.1 Å². The lowest BCUT2D eigenvalue weighted by molar-refractivity contribution is 0.264. The van der Waals surface area contributed by atoms with E-state index in [0.29, 0.717) is 5.82 Å². The second-order valence-corrected chi connectivity index (χ2v) is 5.05. The van der Waals surface area contributed by atoms with E-state index in [1.165, 1.54) is 38.8 Å². The van der Waals surface area contributed by atoms with E-state index in [1.807, 2.05) is 16.9 Å². The summed E-state index contributed by atoms with van der Waals surface area (Å²) >= 11 is 0. The van der Waals surface area contributed by atoms with Gasteiger partial charge in [-0.1, -0.05) is 13.3 Å². The zero-order valence-electron chi connectivity index (χ0n) is 10.8. The lowest BCUT2D eigenvalue weighted by atomic mass is 9.98. The van der Waals surface area contributed by atoms with Crippen LogP contribution in [0, 0.1) is 5.92 Å². The van der Waals surface area contributed by atoms with Crippen LogP contribution in [0.15, 0.2) is 12.3 Å². The average Bonchev–Trinajstić information content (AvgIpc) is 2.63. The first-order valence-electron chi connectivity index (χ1n) is 6.79. The van der Waals surface area contributed by atoms with Crippen LogP contribution in [0.5, 0.6) is 0 Å². The number of hydrogen-bond donors (Lipinski definition) is 1. The summed E-state index contributed by atoms with van der Waals surface area (Å²) in [6.07, 6.45) is 7.41. The first-order chi connectivity index (χ1) is 8.28. The minimum absolute atomic E-state index is 0.618. The number of likely N-dealkylation sites (tertiary alicyclic amines) is 1. The molecule has 0 aliphatic carbocycles. The monoisotopic (exact) mass is 236 g/mol. The van der Waals surface area contributed by atoms with Crippen LogP contribution in [-0.2, 0) is 6.54 Å². The van der Waals surface area contributed by atoms with Gasteiger partial charge in [-0.25, -0.2) is 0 Å². The second-order valence-electron chi connectivity index (χ2n) is 5.05. The third-order valence-corrected chi connectivity index (χ3v) is 3.82. The van der Waals surface area contributed by atoms with Crippen molar-refractivity contribution < 1.29 is 0 Å². The fourth-order valence-electron chi connectivity index (χ4n) is 2.60. The molecule has 17 heavy (non-hydrogen) atoms. The Morgan fingerprint density at radius 2 is 2.24 bits per heavy atom. The minimum Gasteiger partial charge on any atom is -0.382 e. The summed E-state index contributed by atoms with van der Waals surface area (Å²) in [5.41, 5.74) is 5.60. The van der Waals surface area contributed by atoms with E-state index in [1.54, 1.807) is 0 Å². The van der Waals surface area contributed by atoms with Crippen molar-refractivity contribution in [1.29, 1.82) is 0 Å². The molecule has 0 radical (unpaired) electrons. The van der Waals surface area contributed by atoms with Crippen molar-refractivity contribution in [3.05, 3.63) is 12.3 Å². The Balaban J connectivity index is 1.75. The zero-order valence-corrected chi connectivity index (χ0v) is 10.8. The largest absolute Gasteiger partial charge is 0.382 e. The van der Waals surface area contributed by atoms with Crippen LogP contribution in [-0.4, -0.2) is 34.3 Å². The fourth-order valence-corrected chi connectivity index (χ4v) is 2.60. The van der Waals surface area contributed by atoms with Crippen molar-refractivity contribution in [3.8, 4) is 0 Å². The molecule has 2 heterocycles. The highest BCUT2D eigenvalue weighted by molar-refractivity contribution is 5.23. The smallest absolute Gasteiger partial charge is 0.145 e. The van der Waals surface area contributed by atoms with Crippen molar-refractivity contribution in [3.63, 3.8) is 0 Å². The third-order valence-electron chi connectivity index (χ3n) is 3.82. The molecular formula is C13H24N4. The molecule has 1 aliphatic rings. The number of nitrogens with zero attached hydrogens (tertiary/aromatic N) is 3. The van der Waals surface area contributed by atoms with Crippen molar-refractivity contribution >= 4 is 5.82 Å². The molecule has 0 amide bonds. The molecule has 96 valence electrons. The number of rotatable bonds is 4. The number of nitrogen functional groups attached to an aromatic ring is 1. The van der Waals surface area contributed by atoms with Crippen LogP contribution >= 0.6 is 0 Å². The molecular weight excluding hydrogens is 212 g/mol. The third kappa shape index (κ3) is 3.73. The molecule has 1 aliphatic heterocycles. The van der Waals surface area contributed by atoms with E-state index in [0.717, 1.165) is 19.0 Å². The Morgan fingerprint density at radius 3 is 2.94 bits per heavy atom. The molecule has 0 aromatic carbocycles. The van der Waals surface area contributed by atoms with Crippen LogP contribution in [0.25, 0.3) is 0 Å². The molecule has 1 saturated heterocycles. The highest BCUT2D eigenvalue weighted by Gasteiger charge is 2.15. The van der Waals surface area contributed by atoms with Gasteiger partial charge in [0.1, 0.15) is 5.82 Å². The lowest BCUT2D eigenvalue weighted by Gasteiger charge is -2.19. The lowest BCUT2D eigenvalue weighted by Crippen LogP contribution is -2.28. The van der Waals surface area contributed by atoms with E-state index in [2.05, 4.69) is 16.9 Å². The number of hydrogen-bond acceptors (Lipinski definition) is 3. The van der Waals surface area contributed by atoms with E-state index in [-0.39, 0.29) is 0 Å². The molecule has 0 bridgehead atoms. The molecule has 4 nitrogen and oxygen atoms in total. The number of nitrogens with two attached hydrogens (primary N) is 1. The molecule has 0 saturated carbocycles. The van der Waals surface area contributed by atoms with Gasteiger partial charge in [-0.15, -0.1) is 0 Å². The normalized spacial score (nSPS) is 22.5. The summed E-state index contributed by atoms with van der Waals surface area (Å²) in [5.74, 6) is 1.56. The first-order valence-corrected chi connectivity index (χ1v) is 6.79. The Hall–Kier alpha value is -1.03. The summed E-state index contributed by atoms with van der Waals surface area (Å²) < 4.78 is 1.94. The second kappa shape index (κ2) is 6.05. The summed E-state index contributed by atoms with van der Waals surface area (Å²) in [7, 11) is 0. The summed E-state index contributed by atoms with van der Waals surface area (Å²) in [4.78, 5) is 2.56. The first kappa shape index (κ1) is 12.4. The van der Waals surface area contributed by atoms with Crippen LogP contribution in [0.2, 0.25) is 0 Å². The van der Waals surface area contributed by atoms with Gasteiger partial charge in [0.2, 0.25) is 0 Å². The SMILES string of the molecule is CCC1CCCN(CCn2ccc(N)n2)CC1. The molecule has 1 atom stereocenters. The van der Waals surface area contributed by atoms with Crippen molar-refractivity contribution in [2.24, 2.45) is 5.92 Å². The number of aromatic nitrogens is 2. The Bertz CT molecular complexity index is 334. The maximum absolute atomic E-state index is 5.60. The highest BCUT2D eigenvalue weighted by atomic mass is 15.3. The molecule has 2 rings (SSSR count). The zero-order chi connectivity index (χ0) is 12.1. The Morgan fingerprint density at radius 1 is 1.35 bits per heavy atom. The summed E-state index contributed by atoms with van der Waals surface area (Å²) in [6, 6.07) is 1.86. The van der Waals surface area contributed by atoms with Gasteiger partial charge in [-0.05, 0) is 44.3 Å². The van der Waals surface area contributed by atoms with Gasteiger partial charge in [-0.3, -0.25) is 4.68 Å². The summed E-state index contributed by atoms with van der Waals surface area (Å²) in [5, 5.41) is 4.22. The summed E-state index contributed by atoms with van der Waals surface area (Å²) in [6.45, 7) is 6.85. The molecule has 0 spiro atoms. The maximum Gasteiger partial charge on any atom is 0.145 e. The predicted octanol–water partition coefficient (Wildman–Crippen LogP) is 1.98. The van der Waals surface area contributed by atoms with Gasteiger partial charge in [0.05, 0.1) is 6.54 Å². The van der Waals surface area contributed by atoms with E-state index in [9.17, 15) is 0 Å². The molecule has 4 heteroatoms. The van der Waals surface area contributed by atoms with E-state index < -0.39 is 0 Å². The quantitative estimate of drug-likeness (QED) is 0.869. The van der Waals surface area contributed by atoms with Crippen LogP contribution in [0.1, 0.15) is 32.6 Å². The van der Waals surface area contributed by atoms with E-state index >= 15 is 0 Å². The molecule has 1 aromatic heterocycles. The Labute approximate surface area is 104 Å². The maximum atomic E-state index is 5.60. The van der Waals surface area contributed by atoms with E-state index in [4.69, 9.17) is 5.73 Å². The Kier molecular flexibility index (Phi) is 4.42. The minimum atomic E-state index is 0.618. The molecule has 1 fully saturated rings. The van der Waals surface area contributed by atoms with Gasteiger partial charge in [-0.2, -0.15) is 5.10 Å². The van der Waals surface area contributed by atoms with Crippen LogP contribution in [0.4, 0.5) is 5.82 Å². The predicted molar refractivity (Wildman–Crippen MR) is 70.7 cm³/mol. The standard InChI is InChI=1S/C13H24N4/c1-2-12-4-3-7-16(8-5-12)10-11-17-9-6-13(14)15-17/h6,9,12H,2-5,7-8,10-11H2,1H3,(H2,14,15). The number of anilines is 1. The van der Waals surface area contributed by atoms with Gasteiger partial charge >= 0.3 is 0 Å². The van der Waals surface area contributed by atoms with Crippen molar-refractivity contribution in [1.82, 2.24) is 14.7 Å². The van der Waals surface area contributed by atoms with Gasteiger partial charge in [0.15, 0.2) is 0 Å². The van der Waals surface area contributed by atoms with Gasteiger partial charge < -0.3 is 10.6 Å². The fraction of sp³-hybridized carbons (Fsp3) is 0.769. The van der Waals surface area contributed by atoms with Gasteiger partial charge in [0, 0.05) is 12.7 Å². The van der Waals surface area contributed by atoms with Crippen molar-refractivity contribution in [2.75, 3.05) is 25.4 Å².